The number of ketones is 1. The first-order valence-electron chi connectivity index (χ1n) is 5.64. The van der Waals surface area contributed by atoms with Gasteiger partial charge < -0.3 is 15.0 Å². The summed E-state index contributed by atoms with van der Waals surface area (Å²) >= 11 is 0. The first-order chi connectivity index (χ1) is 8.53. The number of nitrogens with zero attached hydrogens (tertiary/aromatic N) is 2. The van der Waals surface area contributed by atoms with Gasteiger partial charge in [0.15, 0.2) is 0 Å². The largest absolute Gasteiger partial charge is 0.465 e. The molecule has 1 saturated carbocycles. The Hall–Kier alpha value is -2.01. The minimum atomic E-state index is -1.37. The minimum absolute atomic E-state index is 0.0392. The number of rotatable bonds is 6. The molecule has 7 nitrogen and oxygen atoms in total. The summed E-state index contributed by atoms with van der Waals surface area (Å²) in [6.45, 7) is 3.34. The zero-order valence-electron chi connectivity index (χ0n) is 10.3. The van der Waals surface area contributed by atoms with Crippen LogP contribution in [0.3, 0.4) is 0 Å². The van der Waals surface area contributed by atoms with Gasteiger partial charge in [0.2, 0.25) is 0 Å². The van der Waals surface area contributed by atoms with Gasteiger partial charge in [-0.1, -0.05) is 0 Å². The van der Waals surface area contributed by atoms with Gasteiger partial charge in [0.25, 0.3) is 5.78 Å². The molecular formula is C11H14N2O5. The van der Waals surface area contributed by atoms with Crippen molar-refractivity contribution in [3.8, 4) is 0 Å². The monoisotopic (exact) mass is 254 g/mol. The quantitative estimate of drug-likeness (QED) is 0.220. The van der Waals surface area contributed by atoms with Crippen molar-refractivity contribution in [1.82, 2.24) is 0 Å². The van der Waals surface area contributed by atoms with Gasteiger partial charge in [-0.25, -0.2) is 4.79 Å². The van der Waals surface area contributed by atoms with Crippen LogP contribution in [-0.4, -0.2) is 41.4 Å². The molecule has 0 bridgehead atoms. The van der Waals surface area contributed by atoms with E-state index in [4.69, 9.17) is 10.3 Å². The van der Waals surface area contributed by atoms with Crippen LogP contribution in [0.2, 0.25) is 0 Å². The second kappa shape index (κ2) is 5.55. The maximum Gasteiger partial charge on any atom is 0.442 e. The molecule has 18 heavy (non-hydrogen) atoms. The summed E-state index contributed by atoms with van der Waals surface area (Å²) in [4.78, 5) is 37.7. The molecule has 98 valence electrons. The molecule has 0 heterocycles. The van der Waals surface area contributed by atoms with Gasteiger partial charge in [0, 0.05) is 0 Å². The number of carbonyl (C=O) groups excluding carboxylic acids is 3. The fourth-order valence-electron chi connectivity index (χ4n) is 1.52. The Morgan fingerprint density at radius 1 is 1.17 bits per heavy atom. The van der Waals surface area contributed by atoms with Crippen molar-refractivity contribution >= 4 is 23.4 Å². The molecule has 0 N–H and O–H groups in total. The lowest BCUT2D eigenvalue weighted by Crippen LogP contribution is -2.38. The zero-order chi connectivity index (χ0) is 13.8. The Morgan fingerprint density at radius 3 is 2.11 bits per heavy atom. The standard InChI is InChI=1S/C11H14N2O5/c1-3-17-9(15)7(13-12)8(14)11(5-6-11)10(16)18-4-2/h3-6H2,1-2H3. The molecule has 1 aliphatic carbocycles. The first-order valence-corrected chi connectivity index (χ1v) is 5.64. The predicted octanol–water partition coefficient (Wildman–Crippen LogP) is 0.133. The molecule has 1 aliphatic rings. The highest BCUT2D eigenvalue weighted by molar-refractivity contribution is 6.65. The van der Waals surface area contributed by atoms with Crippen molar-refractivity contribution in [2.24, 2.45) is 5.41 Å². The number of esters is 2. The van der Waals surface area contributed by atoms with E-state index in [-0.39, 0.29) is 26.1 Å². The molecule has 0 atom stereocenters. The molecule has 0 aliphatic heterocycles. The topological polar surface area (TPSA) is 106 Å². The molecule has 1 rings (SSSR count). The van der Waals surface area contributed by atoms with Gasteiger partial charge in [0.1, 0.15) is 5.41 Å². The van der Waals surface area contributed by atoms with Crippen LogP contribution in [0.5, 0.6) is 0 Å². The number of hydrogen-bond acceptors (Lipinski definition) is 5. The van der Waals surface area contributed by atoms with Crippen LogP contribution in [-0.2, 0) is 23.9 Å². The Bertz CT molecular complexity index is 433. The molecule has 0 aromatic rings. The molecule has 0 amide bonds. The van der Waals surface area contributed by atoms with Crippen LogP contribution in [0, 0.1) is 5.41 Å². The normalized spacial score (nSPS) is 15.2. The van der Waals surface area contributed by atoms with E-state index < -0.39 is 28.8 Å². The molecular weight excluding hydrogens is 240 g/mol. The highest BCUT2D eigenvalue weighted by atomic mass is 16.5. The fourth-order valence-corrected chi connectivity index (χ4v) is 1.52. The van der Waals surface area contributed by atoms with E-state index in [0.29, 0.717) is 0 Å². The van der Waals surface area contributed by atoms with E-state index in [2.05, 4.69) is 9.53 Å². The van der Waals surface area contributed by atoms with Crippen LogP contribution >= 0.6 is 0 Å². The summed E-state index contributed by atoms with van der Waals surface area (Å²) in [5.41, 5.74) is 6.58. The summed E-state index contributed by atoms with van der Waals surface area (Å²) < 4.78 is 9.35. The molecule has 0 radical (unpaired) electrons. The molecule has 0 saturated heterocycles. The van der Waals surface area contributed by atoms with Crippen LogP contribution in [0.4, 0.5) is 0 Å². The second-order valence-electron chi connectivity index (χ2n) is 3.80. The molecule has 0 unspecified atom stereocenters. The van der Waals surface area contributed by atoms with E-state index >= 15 is 0 Å². The summed E-state index contributed by atoms with van der Waals surface area (Å²) in [7, 11) is 0. The van der Waals surface area contributed by atoms with Gasteiger partial charge in [-0.15, -0.1) is 0 Å². The third-order valence-corrected chi connectivity index (χ3v) is 2.63. The average molecular weight is 254 g/mol. The van der Waals surface area contributed by atoms with E-state index in [9.17, 15) is 14.4 Å². The van der Waals surface area contributed by atoms with Gasteiger partial charge >= 0.3 is 17.7 Å². The summed E-state index contributed by atoms with van der Waals surface area (Å²) in [6.07, 6.45) is 0.562. The SMILES string of the molecule is CCOC(=O)C(=[N+]=[N-])C(=O)C1(C(=O)OCC)CC1. The van der Waals surface area contributed by atoms with E-state index in [1.165, 1.54) is 0 Å². The van der Waals surface area contributed by atoms with Crippen LogP contribution in [0.15, 0.2) is 0 Å². The zero-order valence-corrected chi connectivity index (χ0v) is 10.3. The van der Waals surface area contributed by atoms with Gasteiger partial charge in [-0.2, -0.15) is 4.79 Å². The van der Waals surface area contributed by atoms with Crippen molar-refractivity contribution in [2.45, 2.75) is 26.7 Å². The minimum Gasteiger partial charge on any atom is -0.465 e. The van der Waals surface area contributed by atoms with Crippen molar-refractivity contribution in [1.29, 1.82) is 0 Å². The van der Waals surface area contributed by atoms with Crippen molar-refractivity contribution in [3.63, 3.8) is 0 Å². The maximum absolute atomic E-state index is 12.0. The molecule has 1 fully saturated rings. The number of ether oxygens (including phenoxy) is 2. The van der Waals surface area contributed by atoms with Gasteiger partial charge in [-0.3, -0.25) is 9.59 Å². The third kappa shape index (κ3) is 2.46. The van der Waals surface area contributed by atoms with Crippen molar-refractivity contribution in [3.05, 3.63) is 5.53 Å². The predicted molar refractivity (Wildman–Crippen MR) is 58.6 cm³/mol. The van der Waals surface area contributed by atoms with Gasteiger partial charge in [0.05, 0.1) is 13.2 Å². The summed E-state index contributed by atoms with van der Waals surface area (Å²) in [5, 5.41) is 0. The lowest BCUT2D eigenvalue weighted by atomic mass is 9.97. The molecule has 0 aromatic carbocycles. The second-order valence-corrected chi connectivity index (χ2v) is 3.80. The third-order valence-electron chi connectivity index (χ3n) is 2.63. The van der Waals surface area contributed by atoms with E-state index in [0.717, 1.165) is 0 Å². The Balaban J connectivity index is 2.90. The number of hydrogen-bond donors (Lipinski definition) is 0. The smallest absolute Gasteiger partial charge is 0.442 e. The van der Waals surface area contributed by atoms with E-state index in [1.54, 1.807) is 13.8 Å². The van der Waals surface area contributed by atoms with Crippen LogP contribution < -0.4 is 0 Å². The van der Waals surface area contributed by atoms with E-state index in [1.807, 2.05) is 0 Å². The fraction of sp³-hybridized carbons (Fsp3) is 0.636. The summed E-state index contributed by atoms with van der Waals surface area (Å²) in [5.74, 6) is -2.58. The maximum atomic E-state index is 12.0. The molecule has 7 heteroatoms. The van der Waals surface area contributed by atoms with Gasteiger partial charge in [-0.05, 0) is 26.7 Å². The average Bonchev–Trinajstić information content (AvgIpc) is 3.11. The summed E-state index contributed by atoms with van der Waals surface area (Å²) in [6, 6.07) is 0. The highest BCUT2D eigenvalue weighted by Crippen LogP contribution is 2.47. The lowest BCUT2D eigenvalue weighted by Gasteiger charge is -2.09. The van der Waals surface area contributed by atoms with Crippen LogP contribution in [0.1, 0.15) is 26.7 Å². The number of carbonyl (C=O) groups is 3. The molecule has 0 aromatic heterocycles. The van der Waals surface area contributed by atoms with Crippen molar-refractivity contribution in [2.75, 3.05) is 13.2 Å². The lowest BCUT2D eigenvalue weighted by molar-refractivity contribution is -0.153. The Morgan fingerprint density at radius 2 is 1.72 bits per heavy atom. The highest BCUT2D eigenvalue weighted by Gasteiger charge is 2.62. The van der Waals surface area contributed by atoms with Crippen molar-refractivity contribution < 1.29 is 28.6 Å². The Labute approximate surface area is 104 Å². The first kappa shape index (κ1) is 14.1. The van der Waals surface area contributed by atoms with Crippen LogP contribution in [0.25, 0.3) is 5.53 Å². The number of Topliss-reactive ketones (excluding diaryl/α,β-unsaturated/α-hetero) is 1. The molecule has 0 spiro atoms. The Kier molecular flexibility index (Phi) is 4.33.